The van der Waals surface area contributed by atoms with E-state index in [0.717, 1.165) is 36.3 Å². The first-order valence-electron chi connectivity index (χ1n) is 12.0. The molecule has 1 aliphatic heterocycles. The second kappa shape index (κ2) is 14.1. The lowest BCUT2D eigenvalue weighted by molar-refractivity contribution is -0.117. The van der Waals surface area contributed by atoms with Gasteiger partial charge in [0.05, 0.1) is 16.9 Å². The summed E-state index contributed by atoms with van der Waals surface area (Å²) in [5.41, 5.74) is 9.25. The van der Waals surface area contributed by atoms with Crippen LogP contribution in [0.1, 0.15) is 35.0 Å². The van der Waals surface area contributed by atoms with Gasteiger partial charge < -0.3 is 21.1 Å². The van der Waals surface area contributed by atoms with Gasteiger partial charge in [-0.05, 0) is 61.4 Å². The van der Waals surface area contributed by atoms with Crippen molar-refractivity contribution in [1.29, 1.82) is 0 Å². The second-order valence-corrected chi connectivity index (χ2v) is 8.15. The van der Waals surface area contributed by atoms with Gasteiger partial charge in [0.15, 0.2) is 0 Å². The molecule has 0 atom stereocenters. The fraction of sp³-hybridized carbons (Fsp3) is 0.259. The molecule has 2 aromatic carbocycles. The van der Waals surface area contributed by atoms with Gasteiger partial charge in [0.25, 0.3) is 0 Å². The van der Waals surface area contributed by atoms with Crippen LogP contribution in [0.3, 0.4) is 0 Å². The average molecular weight is 505 g/mol. The number of nitrogens with one attached hydrogen (secondary N) is 2. The average Bonchev–Trinajstić information content (AvgIpc) is 3.42. The Morgan fingerprint density at radius 1 is 1.05 bits per heavy atom. The number of hydrogen-bond donors (Lipinski definition) is 3. The molecule has 3 amide bonds. The first-order valence-corrected chi connectivity index (χ1v) is 12.0. The van der Waals surface area contributed by atoms with Crippen LogP contribution in [0.2, 0.25) is 0 Å². The Hall–Kier alpha value is -4.60. The Labute approximate surface area is 216 Å². The van der Waals surface area contributed by atoms with E-state index in [4.69, 9.17) is 10.5 Å². The minimum Gasteiger partial charge on any atom is -0.456 e. The maximum Gasteiger partial charge on any atom is 0.338 e. The molecule has 0 spiro atoms. The van der Waals surface area contributed by atoms with Crippen molar-refractivity contribution >= 4 is 29.8 Å². The number of amides is 3. The molecule has 0 bridgehead atoms. The summed E-state index contributed by atoms with van der Waals surface area (Å²) in [7, 11) is 0. The van der Waals surface area contributed by atoms with Crippen molar-refractivity contribution in [2.24, 2.45) is 0 Å². The number of esters is 1. The van der Waals surface area contributed by atoms with Crippen molar-refractivity contribution in [2.75, 3.05) is 30.4 Å². The predicted molar refractivity (Wildman–Crippen MR) is 141 cm³/mol. The van der Waals surface area contributed by atoms with Crippen LogP contribution >= 0.6 is 0 Å². The van der Waals surface area contributed by atoms with Crippen molar-refractivity contribution in [3.05, 3.63) is 89.7 Å². The molecule has 10 nitrogen and oxygen atoms in total. The van der Waals surface area contributed by atoms with E-state index in [1.165, 1.54) is 0 Å². The Kier molecular flexibility index (Phi) is 10.3. The number of rotatable bonds is 8. The van der Waals surface area contributed by atoms with E-state index in [9.17, 15) is 14.4 Å². The van der Waals surface area contributed by atoms with E-state index in [1.54, 1.807) is 35.5 Å². The molecule has 1 aliphatic rings. The summed E-state index contributed by atoms with van der Waals surface area (Å²) in [5.74, 6) is -0.408. The van der Waals surface area contributed by atoms with Crippen molar-refractivity contribution in [3.8, 4) is 0 Å². The zero-order valence-electron chi connectivity index (χ0n) is 20.8. The molecule has 0 radical (unpaired) electrons. The molecule has 10 heteroatoms. The topological polar surface area (TPSA) is 130 Å². The van der Waals surface area contributed by atoms with E-state index in [-0.39, 0.29) is 12.6 Å². The third kappa shape index (κ3) is 8.53. The van der Waals surface area contributed by atoms with Crippen molar-refractivity contribution < 1.29 is 19.1 Å². The molecule has 4 N–H and O–H groups in total. The van der Waals surface area contributed by atoms with Gasteiger partial charge in [0.1, 0.15) is 6.61 Å². The van der Waals surface area contributed by atoms with Gasteiger partial charge in [-0.2, -0.15) is 0 Å². The lowest BCUT2D eigenvalue weighted by atomic mass is 10.2. The number of carbonyl (C=O) groups is 3. The van der Waals surface area contributed by atoms with Crippen LogP contribution < -0.4 is 21.4 Å². The van der Waals surface area contributed by atoms with Gasteiger partial charge in [-0.15, -0.1) is 0 Å². The zero-order chi connectivity index (χ0) is 26.5. The van der Waals surface area contributed by atoms with Crippen LogP contribution in [0, 0.1) is 0 Å². The van der Waals surface area contributed by atoms with Crippen molar-refractivity contribution in [3.63, 3.8) is 0 Å². The lowest BCUT2D eigenvalue weighted by Gasteiger charge is -2.26. The normalized spacial score (nSPS) is 12.2. The van der Waals surface area contributed by atoms with Crippen molar-refractivity contribution in [2.45, 2.75) is 26.5 Å². The Morgan fingerprint density at radius 3 is 2.57 bits per heavy atom. The molecule has 4 rings (SSSR count). The van der Waals surface area contributed by atoms with Crippen LogP contribution in [0.4, 0.5) is 16.2 Å². The monoisotopic (exact) mass is 504 g/mol. The van der Waals surface area contributed by atoms with E-state index in [1.807, 2.05) is 54.4 Å². The number of benzene rings is 2. The maximum atomic E-state index is 12.2. The van der Waals surface area contributed by atoms with Gasteiger partial charge in [0.2, 0.25) is 6.41 Å². The molecule has 194 valence electrons. The predicted octanol–water partition coefficient (Wildman–Crippen LogP) is 3.11. The smallest absolute Gasteiger partial charge is 0.338 e. The number of pyridine rings is 1. The van der Waals surface area contributed by atoms with Gasteiger partial charge in [-0.25, -0.2) is 9.59 Å². The number of anilines is 2. The van der Waals surface area contributed by atoms with E-state index < -0.39 is 5.97 Å². The van der Waals surface area contributed by atoms with Crippen LogP contribution in [0.5, 0.6) is 0 Å². The highest BCUT2D eigenvalue weighted by Crippen LogP contribution is 2.22. The first-order chi connectivity index (χ1) is 18.0. The standard InChI is InChI=1S/C17H17N3O3.C10H15N3O/c21-13-19-9-4-10-20(19)16-7-3-5-14(11-16)17(22)23-12-15-6-1-2-8-18-15;1-2-12-10(14)13-7-8-3-5-9(11)6-4-8/h1-3,5-8,11,13H,4,9-10,12H2;3-6H,2,7,11H2,1H3,(H2,12,13,14). The summed E-state index contributed by atoms with van der Waals surface area (Å²) < 4.78 is 5.28. The Balaban J connectivity index is 0.000000233. The molecular formula is C27H32N6O4. The maximum absolute atomic E-state index is 12.2. The van der Waals surface area contributed by atoms with E-state index in [0.29, 0.717) is 30.9 Å². The van der Waals surface area contributed by atoms with Gasteiger partial charge >= 0.3 is 12.0 Å². The molecule has 2 heterocycles. The molecular weight excluding hydrogens is 472 g/mol. The summed E-state index contributed by atoms with van der Waals surface area (Å²) in [6, 6.07) is 19.8. The minimum absolute atomic E-state index is 0.133. The molecule has 0 unspecified atom stereocenters. The summed E-state index contributed by atoms with van der Waals surface area (Å²) in [5, 5.41) is 8.85. The largest absolute Gasteiger partial charge is 0.456 e. The molecule has 3 aromatic rings. The van der Waals surface area contributed by atoms with Gasteiger partial charge in [-0.3, -0.25) is 19.8 Å². The van der Waals surface area contributed by atoms with Crippen LogP contribution in [-0.2, 0) is 22.7 Å². The molecule has 37 heavy (non-hydrogen) atoms. The molecule has 0 saturated carbocycles. The second-order valence-electron chi connectivity index (χ2n) is 8.15. The van der Waals surface area contributed by atoms with Crippen LogP contribution in [0.15, 0.2) is 72.9 Å². The van der Waals surface area contributed by atoms with Gasteiger partial charge in [0, 0.05) is 38.1 Å². The van der Waals surface area contributed by atoms with Crippen molar-refractivity contribution in [1.82, 2.24) is 20.6 Å². The fourth-order valence-electron chi connectivity index (χ4n) is 3.56. The summed E-state index contributed by atoms with van der Waals surface area (Å²) in [6.07, 6.45) is 3.37. The number of hydrogen-bond acceptors (Lipinski definition) is 7. The Morgan fingerprint density at radius 2 is 1.86 bits per heavy atom. The quantitative estimate of drug-likeness (QED) is 0.244. The number of carbonyl (C=O) groups excluding carboxylic acids is 3. The third-order valence-corrected chi connectivity index (χ3v) is 5.42. The van der Waals surface area contributed by atoms with E-state index >= 15 is 0 Å². The highest BCUT2D eigenvalue weighted by atomic mass is 16.5. The molecule has 1 saturated heterocycles. The number of nitrogen functional groups attached to an aromatic ring is 1. The molecule has 1 aromatic heterocycles. The highest BCUT2D eigenvalue weighted by Gasteiger charge is 2.21. The van der Waals surface area contributed by atoms with E-state index in [2.05, 4.69) is 15.6 Å². The number of ether oxygens (including phenoxy) is 1. The molecule has 0 aliphatic carbocycles. The Bertz CT molecular complexity index is 1160. The lowest BCUT2D eigenvalue weighted by Crippen LogP contribution is -2.35. The SMILES string of the molecule is CCNC(=O)NCc1ccc(N)cc1.O=CN1CCCN1c1cccc(C(=O)OCc2ccccn2)c1. The number of nitrogens with zero attached hydrogens (tertiary/aromatic N) is 3. The summed E-state index contributed by atoms with van der Waals surface area (Å²) >= 11 is 0. The number of aromatic nitrogens is 1. The first kappa shape index (κ1) is 27.0. The van der Waals surface area contributed by atoms with Crippen LogP contribution in [-0.4, -0.2) is 48.0 Å². The highest BCUT2D eigenvalue weighted by molar-refractivity contribution is 5.90. The summed E-state index contributed by atoms with van der Waals surface area (Å²) in [6.45, 7) is 4.61. The number of nitrogens with two attached hydrogens (primary N) is 1. The fourth-order valence-corrected chi connectivity index (χ4v) is 3.56. The van der Waals surface area contributed by atoms with Gasteiger partial charge in [-0.1, -0.05) is 24.3 Å². The number of urea groups is 1. The van der Waals surface area contributed by atoms with Crippen LogP contribution in [0.25, 0.3) is 0 Å². The minimum atomic E-state index is -0.408. The summed E-state index contributed by atoms with van der Waals surface area (Å²) in [4.78, 5) is 38.4. The number of hydrazine groups is 1. The zero-order valence-corrected chi connectivity index (χ0v) is 20.8. The molecule has 1 fully saturated rings. The third-order valence-electron chi connectivity index (χ3n) is 5.42.